The molecule has 17 heavy (non-hydrogen) atoms. The lowest BCUT2D eigenvalue weighted by molar-refractivity contribution is -0.425. The molecule has 0 spiro atoms. The van der Waals surface area contributed by atoms with Gasteiger partial charge in [0.05, 0.1) is 0 Å². The van der Waals surface area contributed by atoms with Crippen LogP contribution < -0.4 is 10.5 Å². The number of amides is 1. The van der Waals surface area contributed by atoms with Crippen LogP contribution in [0.1, 0.15) is 33.6 Å². The number of hydrogen-bond acceptors (Lipinski definition) is 3. The van der Waals surface area contributed by atoms with E-state index in [0.717, 1.165) is 6.42 Å². The molecule has 1 fully saturated rings. The van der Waals surface area contributed by atoms with Crippen LogP contribution in [-0.4, -0.2) is 37.3 Å². The van der Waals surface area contributed by atoms with Crippen LogP contribution in [0.4, 0.5) is 0 Å². The van der Waals surface area contributed by atoms with Crippen LogP contribution in [0.2, 0.25) is 0 Å². The van der Waals surface area contributed by atoms with Gasteiger partial charge in [-0.05, 0) is 6.42 Å². The number of hydrogen-bond donors (Lipinski definition) is 2. The zero-order valence-electron chi connectivity index (χ0n) is 10.7. The van der Waals surface area contributed by atoms with Crippen molar-refractivity contribution in [2.24, 2.45) is 5.92 Å². The molecule has 0 aromatic rings. The Morgan fingerprint density at radius 2 is 1.94 bits per heavy atom. The average Bonchev–Trinajstić information content (AvgIpc) is 2.92. The Bertz CT molecular complexity index is 392. The third-order valence-corrected chi connectivity index (χ3v) is 5.08. The lowest BCUT2D eigenvalue weighted by atomic mass is 10.2. The first-order chi connectivity index (χ1) is 7.81. The van der Waals surface area contributed by atoms with E-state index in [9.17, 15) is 13.2 Å². The highest BCUT2D eigenvalue weighted by Gasteiger charge is 2.61. The van der Waals surface area contributed by atoms with Crippen LogP contribution >= 0.6 is 0 Å². The van der Waals surface area contributed by atoms with Crippen molar-refractivity contribution in [2.75, 3.05) is 13.1 Å². The number of nitrogens with zero attached hydrogens (tertiary/aromatic N) is 1. The maximum atomic E-state index is 11.9. The largest absolute Gasteiger partial charge is 0.345 e. The molecule has 0 saturated heterocycles. The highest BCUT2D eigenvalue weighted by molar-refractivity contribution is 7.87. The molecule has 0 aliphatic heterocycles. The van der Waals surface area contributed by atoms with Gasteiger partial charge in [0.1, 0.15) is 0 Å². The molecule has 1 saturated carbocycles. The summed E-state index contributed by atoms with van der Waals surface area (Å²) in [4.78, 5) is 11.9. The highest BCUT2D eigenvalue weighted by atomic mass is 32.2. The first-order valence-electron chi connectivity index (χ1n) is 5.99. The van der Waals surface area contributed by atoms with Crippen LogP contribution in [-0.2, 0) is 15.0 Å². The Kier molecular flexibility index (Phi) is 4.16. The number of carbonyl (C=O) groups excluding carboxylic acids is 1. The summed E-state index contributed by atoms with van der Waals surface area (Å²) in [5, 5.41) is 0. The minimum atomic E-state index is -3.70. The third kappa shape index (κ3) is 2.78. The molecule has 1 aliphatic rings. The maximum absolute atomic E-state index is 11.9. The molecule has 0 radical (unpaired) electrons. The first kappa shape index (κ1) is 14.4. The van der Waals surface area contributed by atoms with Crippen molar-refractivity contribution in [1.82, 2.24) is 9.03 Å². The van der Waals surface area contributed by atoms with E-state index in [-0.39, 0.29) is 5.92 Å². The van der Waals surface area contributed by atoms with E-state index in [1.165, 1.54) is 4.31 Å². The summed E-state index contributed by atoms with van der Waals surface area (Å²) in [6.45, 7) is 6.14. The van der Waals surface area contributed by atoms with Gasteiger partial charge in [-0.15, -0.1) is 0 Å². The normalized spacial score (nSPS) is 28.2. The van der Waals surface area contributed by atoms with Gasteiger partial charge in [0.15, 0.2) is 5.54 Å². The molecule has 0 heterocycles. The summed E-state index contributed by atoms with van der Waals surface area (Å²) in [5.74, 6) is -0.273. The molecule has 4 N–H and O–H groups in total. The van der Waals surface area contributed by atoms with Crippen molar-refractivity contribution in [3.05, 3.63) is 0 Å². The molecule has 0 aromatic heterocycles. The van der Waals surface area contributed by atoms with Crippen molar-refractivity contribution < 1.29 is 18.9 Å². The Hall–Kier alpha value is -0.660. The Morgan fingerprint density at radius 1 is 1.41 bits per heavy atom. The first-order valence-corrected chi connectivity index (χ1v) is 7.43. The molecule has 0 aromatic carbocycles. The fourth-order valence-corrected chi connectivity index (χ4v) is 3.29. The Labute approximate surface area is 103 Å². The lowest BCUT2D eigenvalue weighted by Crippen LogP contribution is -2.72. The fraction of sp³-hybridized carbons (Fsp3) is 0.900. The number of carbonyl (C=O) groups is 1. The highest BCUT2D eigenvalue weighted by Crippen LogP contribution is 2.41. The van der Waals surface area contributed by atoms with E-state index in [4.69, 9.17) is 0 Å². The summed E-state index contributed by atoms with van der Waals surface area (Å²) >= 11 is 0. The standard InChI is InChI=1S/C10H21N3O3S/c1-4-8-7-10(8,11)9(14)12-17(15,16)13(5-2)6-3/h8H,4-7,11H2,1-3H3,(H,12,14)/p+1/t8?,10-/m1/s1. The van der Waals surface area contributed by atoms with Gasteiger partial charge in [0.2, 0.25) is 0 Å². The van der Waals surface area contributed by atoms with Gasteiger partial charge in [-0.25, -0.2) is 4.72 Å². The molecule has 0 bridgehead atoms. The van der Waals surface area contributed by atoms with Crippen LogP contribution in [0.3, 0.4) is 0 Å². The molecule has 100 valence electrons. The van der Waals surface area contributed by atoms with Gasteiger partial charge < -0.3 is 5.73 Å². The summed E-state index contributed by atoms with van der Waals surface area (Å²) in [6, 6.07) is 0. The van der Waals surface area contributed by atoms with Gasteiger partial charge in [-0.2, -0.15) is 12.7 Å². The number of quaternary nitrogens is 1. The molecule has 1 amide bonds. The zero-order chi connectivity index (χ0) is 13.3. The monoisotopic (exact) mass is 264 g/mol. The van der Waals surface area contributed by atoms with Gasteiger partial charge in [-0.3, -0.25) is 4.79 Å². The van der Waals surface area contributed by atoms with Crippen molar-refractivity contribution >= 4 is 16.1 Å². The molecule has 1 aliphatic carbocycles. The van der Waals surface area contributed by atoms with Crippen LogP contribution in [0.5, 0.6) is 0 Å². The smallest absolute Gasteiger partial charge is 0.303 e. The molecular weight excluding hydrogens is 242 g/mol. The summed E-state index contributed by atoms with van der Waals surface area (Å²) in [7, 11) is -3.70. The maximum Gasteiger partial charge on any atom is 0.303 e. The quantitative estimate of drug-likeness (QED) is 0.651. The summed E-state index contributed by atoms with van der Waals surface area (Å²) in [5.41, 5.74) is 3.09. The van der Waals surface area contributed by atoms with Crippen LogP contribution in [0.25, 0.3) is 0 Å². The van der Waals surface area contributed by atoms with Crippen molar-refractivity contribution in [3.8, 4) is 0 Å². The average molecular weight is 264 g/mol. The predicted molar refractivity (Wildman–Crippen MR) is 64.0 cm³/mol. The molecule has 1 unspecified atom stereocenters. The number of nitrogens with one attached hydrogen (secondary N) is 1. The molecule has 2 atom stereocenters. The topological polar surface area (TPSA) is 94.1 Å². The van der Waals surface area contributed by atoms with E-state index in [1.807, 2.05) is 6.92 Å². The Balaban J connectivity index is 2.70. The van der Waals surface area contributed by atoms with E-state index in [1.54, 1.807) is 13.8 Å². The second-order valence-corrected chi connectivity index (χ2v) is 6.16. The van der Waals surface area contributed by atoms with Crippen LogP contribution in [0, 0.1) is 5.92 Å². The van der Waals surface area contributed by atoms with E-state index in [2.05, 4.69) is 10.5 Å². The van der Waals surface area contributed by atoms with Crippen molar-refractivity contribution in [3.63, 3.8) is 0 Å². The third-order valence-electron chi connectivity index (χ3n) is 3.44. The molecule has 6 nitrogen and oxygen atoms in total. The van der Waals surface area contributed by atoms with Crippen molar-refractivity contribution in [1.29, 1.82) is 0 Å². The van der Waals surface area contributed by atoms with E-state index >= 15 is 0 Å². The van der Waals surface area contributed by atoms with E-state index < -0.39 is 21.7 Å². The molecular formula is C10H22N3O3S+. The molecule has 7 heteroatoms. The minimum absolute atomic E-state index is 0.203. The fourth-order valence-electron chi connectivity index (χ4n) is 2.04. The summed E-state index contributed by atoms with van der Waals surface area (Å²) in [6.07, 6.45) is 1.52. The predicted octanol–water partition coefficient (Wildman–Crippen LogP) is -0.900. The number of rotatable bonds is 6. The second kappa shape index (κ2) is 4.91. The lowest BCUT2D eigenvalue weighted by Gasteiger charge is -2.19. The van der Waals surface area contributed by atoms with Gasteiger partial charge in [0.25, 0.3) is 5.91 Å². The van der Waals surface area contributed by atoms with Gasteiger partial charge in [-0.1, -0.05) is 20.8 Å². The molecule has 1 rings (SSSR count). The van der Waals surface area contributed by atoms with Crippen LogP contribution in [0.15, 0.2) is 0 Å². The zero-order valence-corrected chi connectivity index (χ0v) is 11.5. The van der Waals surface area contributed by atoms with E-state index in [0.29, 0.717) is 19.5 Å². The Morgan fingerprint density at radius 3 is 2.29 bits per heavy atom. The second-order valence-electron chi connectivity index (χ2n) is 4.49. The summed E-state index contributed by atoms with van der Waals surface area (Å²) < 4.78 is 27.0. The van der Waals surface area contributed by atoms with Crippen molar-refractivity contribution in [2.45, 2.75) is 39.2 Å². The SMILES string of the molecule is CCC1C[C@]1([NH3+])C(=O)NS(=O)(=O)N(CC)CC. The minimum Gasteiger partial charge on any atom is -0.345 e. The van der Waals surface area contributed by atoms with Gasteiger partial charge in [0, 0.05) is 25.4 Å². The van der Waals surface area contributed by atoms with Gasteiger partial charge >= 0.3 is 10.2 Å².